The monoisotopic (exact) mass is 674 g/mol. The second-order valence-corrected chi connectivity index (χ2v) is 15.2. The molecule has 3 aliphatic carbocycles. The van der Waals surface area contributed by atoms with E-state index >= 15 is 0 Å². The van der Waals surface area contributed by atoms with Crippen molar-refractivity contribution < 1.29 is 0 Å². The molecule has 53 heavy (non-hydrogen) atoms. The van der Waals surface area contributed by atoms with Gasteiger partial charge < -0.3 is 0 Å². The van der Waals surface area contributed by atoms with E-state index in [4.69, 9.17) is 0 Å². The zero-order chi connectivity index (χ0) is 35.2. The fourth-order valence-corrected chi connectivity index (χ4v) is 10.1. The van der Waals surface area contributed by atoms with Crippen molar-refractivity contribution in [3.8, 4) is 44.5 Å². The normalized spacial score (nSPS) is 16.0. The number of aryl methyl sites for hydroxylation is 2. The lowest BCUT2D eigenvalue weighted by atomic mass is 9.81. The number of hydrogen-bond donors (Lipinski definition) is 0. The molecule has 0 radical (unpaired) electrons. The molecule has 2 unspecified atom stereocenters. The summed E-state index contributed by atoms with van der Waals surface area (Å²) in [4.78, 5) is 0. The summed E-state index contributed by atoms with van der Waals surface area (Å²) >= 11 is 0. The third-order valence-electron chi connectivity index (χ3n) is 12.4. The molecule has 0 fully saturated rings. The molecule has 0 saturated carbocycles. The van der Waals surface area contributed by atoms with Crippen LogP contribution >= 0.6 is 0 Å². The molecular weight excluding hydrogens is 637 g/mol. The Morgan fingerprint density at radius 1 is 0.302 bits per heavy atom. The first-order chi connectivity index (χ1) is 26.1. The SMILES string of the molecule is Cc1ccc(-c2ccc(C3c4ccccc4-c4cccc(C)c43)cc2)c(C2c3ccccc3-c3ccc(C4c5ccccc5-c5ccccc54)cc32)c1. The average Bonchev–Trinajstić information content (AvgIpc) is 3.84. The van der Waals surface area contributed by atoms with Gasteiger partial charge in [-0.3, -0.25) is 0 Å². The van der Waals surface area contributed by atoms with Gasteiger partial charge in [0, 0.05) is 17.8 Å². The molecule has 8 aromatic carbocycles. The molecule has 0 aliphatic heterocycles. The van der Waals surface area contributed by atoms with Crippen LogP contribution in [-0.2, 0) is 0 Å². The van der Waals surface area contributed by atoms with Gasteiger partial charge in [0.05, 0.1) is 0 Å². The molecule has 8 aromatic rings. The van der Waals surface area contributed by atoms with Crippen LogP contribution in [0.3, 0.4) is 0 Å². The molecule has 3 aliphatic rings. The summed E-state index contributed by atoms with van der Waals surface area (Å²) in [5.74, 6) is 0.599. The van der Waals surface area contributed by atoms with E-state index in [1.807, 2.05) is 0 Å². The molecule has 0 aromatic heterocycles. The Morgan fingerprint density at radius 2 is 0.774 bits per heavy atom. The van der Waals surface area contributed by atoms with E-state index in [2.05, 4.69) is 190 Å². The average molecular weight is 675 g/mol. The molecule has 0 nitrogen and oxygen atoms in total. The third kappa shape index (κ3) is 4.49. The molecule has 2 atom stereocenters. The van der Waals surface area contributed by atoms with E-state index in [9.17, 15) is 0 Å². The maximum atomic E-state index is 2.54. The van der Waals surface area contributed by atoms with Gasteiger partial charge >= 0.3 is 0 Å². The summed E-state index contributed by atoms with van der Waals surface area (Å²) in [5, 5.41) is 0. The summed E-state index contributed by atoms with van der Waals surface area (Å²) in [5.41, 5.74) is 25.9. The second kappa shape index (κ2) is 11.6. The minimum absolute atomic E-state index is 0.138. The van der Waals surface area contributed by atoms with E-state index in [1.54, 1.807) is 0 Å². The van der Waals surface area contributed by atoms with Crippen molar-refractivity contribution in [2.24, 2.45) is 0 Å². The van der Waals surface area contributed by atoms with Gasteiger partial charge in [0.2, 0.25) is 0 Å². The van der Waals surface area contributed by atoms with Crippen LogP contribution in [0.25, 0.3) is 44.5 Å². The molecule has 0 spiro atoms. The summed E-state index contributed by atoms with van der Waals surface area (Å²) in [6.45, 7) is 4.50. The summed E-state index contributed by atoms with van der Waals surface area (Å²) in [7, 11) is 0. The van der Waals surface area contributed by atoms with Crippen LogP contribution in [0, 0.1) is 13.8 Å². The van der Waals surface area contributed by atoms with Gasteiger partial charge in [0.15, 0.2) is 0 Å². The van der Waals surface area contributed by atoms with E-state index in [-0.39, 0.29) is 17.8 Å². The van der Waals surface area contributed by atoms with E-state index in [1.165, 1.54) is 106 Å². The van der Waals surface area contributed by atoms with Crippen LogP contribution < -0.4 is 0 Å². The molecule has 0 heterocycles. The van der Waals surface area contributed by atoms with Crippen molar-refractivity contribution in [1.82, 2.24) is 0 Å². The highest BCUT2D eigenvalue weighted by molar-refractivity contribution is 5.86. The lowest BCUT2D eigenvalue weighted by molar-refractivity contribution is 0.977. The molecule has 0 bridgehead atoms. The zero-order valence-corrected chi connectivity index (χ0v) is 30.0. The lowest BCUT2D eigenvalue weighted by Gasteiger charge is -2.22. The molecule has 0 heteroatoms. The van der Waals surface area contributed by atoms with Gasteiger partial charge in [-0.25, -0.2) is 0 Å². The van der Waals surface area contributed by atoms with Crippen LogP contribution in [0.2, 0.25) is 0 Å². The Bertz CT molecular complexity index is 2720. The Labute approximate surface area is 312 Å². The van der Waals surface area contributed by atoms with Crippen molar-refractivity contribution in [2.45, 2.75) is 31.6 Å². The highest BCUT2D eigenvalue weighted by Gasteiger charge is 2.35. The van der Waals surface area contributed by atoms with Crippen LogP contribution in [-0.4, -0.2) is 0 Å². The highest BCUT2D eigenvalue weighted by Crippen LogP contribution is 2.54. The predicted molar refractivity (Wildman–Crippen MR) is 220 cm³/mol. The Hall–Kier alpha value is -6.24. The van der Waals surface area contributed by atoms with Gasteiger partial charge in [0.25, 0.3) is 0 Å². The van der Waals surface area contributed by atoms with Crippen LogP contribution in [0.5, 0.6) is 0 Å². The highest BCUT2D eigenvalue weighted by atomic mass is 14.4. The fraction of sp³-hybridized carbons (Fsp3) is 0.0943. The van der Waals surface area contributed by atoms with Gasteiger partial charge in [-0.2, -0.15) is 0 Å². The molecule has 11 rings (SSSR count). The molecule has 0 saturated heterocycles. The van der Waals surface area contributed by atoms with E-state index < -0.39 is 0 Å². The van der Waals surface area contributed by atoms with Crippen LogP contribution in [0.4, 0.5) is 0 Å². The molecule has 250 valence electrons. The van der Waals surface area contributed by atoms with Gasteiger partial charge in [0.1, 0.15) is 0 Å². The van der Waals surface area contributed by atoms with E-state index in [0.29, 0.717) is 0 Å². The van der Waals surface area contributed by atoms with Crippen LogP contribution in [0.1, 0.15) is 79.0 Å². The van der Waals surface area contributed by atoms with Crippen molar-refractivity contribution in [2.75, 3.05) is 0 Å². The van der Waals surface area contributed by atoms with Crippen molar-refractivity contribution >= 4 is 0 Å². The van der Waals surface area contributed by atoms with Crippen molar-refractivity contribution in [1.29, 1.82) is 0 Å². The number of rotatable bonds is 4. The maximum absolute atomic E-state index is 2.54. The summed E-state index contributed by atoms with van der Waals surface area (Å²) in [6.07, 6.45) is 0. The standard InChI is InChI=1S/C53H38/c1-32-22-28-37(34-23-25-35(26-24-34)52-46-19-9-6-16-41(46)43-21-11-12-33(2)50(43)52)48(30-32)53-47-20-10-5-15-40(47)42-29-27-36(31-49(42)53)51-44-17-7-3-13-38(44)39-14-4-8-18-45(39)51/h3-31,51-53H,1-2H3. The second-order valence-electron chi connectivity index (χ2n) is 15.2. The maximum Gasteiger partial charge on any atom is 0.0358 e. The summed E-state index contributed by atoms with van der Waals surface area (Å²) in [6, 6.07) is 66.7. The molecular formula is C53H38. The smallest absolute Gasteiger partial charge is 0.0358 e. The van der Waals surface area contributed by atoms with Crippen molar-refractivity contribution in [3.05, 3.63) is 237 Å². The quantitative estimate of drug-likeness (QED) is 0.174. The largest absolute Gasteiger partial charge is 0.0619 e. The number of hydrogen-bond acceptors (Lipinski definition) is 0. The third-order valence-corrected chi connectivity index (χ3v) is 12.4. The van der Waals surface area contributed by atoms with E-state index in [0.717, 1.165) is 0 Å². The summed E-state index contributed by atoms with van der Waals surface area (Å²) < 4.78 is 0. The number of fused-ring (bicyclic) bond motifs is 9. The first kappa shape index (κ1) is 30.4. The number of benzene rings is 8. The Morgan fingerprint density at radius 3 is 1.42 bits per heavy atom. The van der Waals surface area contributed by atoms with Crippen LogP contribution in [0.15, 0.2) is 176 Å². The topological polar surface area (TPSA) is 0 Å². The Kier molecular flexibility index (Phi) is 6.67. The first-order valence-corrected chi connectivity index (χ1v) is 18.9. The fourth-order valence-electron chi connectivity index (χ4n) is 10.1. The minimum atomic E-state index is 0.138. The predicted octanol–water partition coefficient (Wildman–Crippen LogP) is 13.5. The molecule has 0 N–H and O–H groups in total. The first-order valence-electron chi connectivity index (χ1n) is 18.9. The van der Waals surface area contributed by atoms with Gasteiger partial charge in [-0.15, -0.1) is 0 Å². The lowest BCUT2D eigenvalue weighted by Crippen LogP contribution is -2.05. The zero-order valence-electron chi connectivity index (χ0n) is 30.0. The molecule has 0 amide bonds. The Balaban J connectivity index is 1.04. The van der Waals surface area contributed by atoms with Crippen molar-refractivity contribution in [3.63, 3.8) is 0 Å². The minimum Gasteiger partial charge on any atom is -0.0619 e. The van der Waals surface area contributed by atoms with Gasteiger partial charge in [-0.05, 0) is 114 Å². The van der Waals surface area contributed by atoms with Gasteiger partial charge in [-0.1, -0.05) is 181 Å².